The van der Waals surface area contributed by atoms with E-state index in [1.807, 2.05) is 65.6 Å². The molecule has 3 atom stereocenters. The van der Waals surface area contributed by atoms with E-state index in [0.717, 1.165) is 5.69 Å². The van der Waals surface area contributed by atoms with Gasteiger partial charge in [0, 0.05) is 64.1 Å². The maximum absolute atomic E-state index is 13.9. The zero-order valence-corrected chi connectivity index (χ0v) is 23.1. The van der Waals surface area contributed by atoms with Gasteiger partial charge in [-0.2, -0.15) is 5.43 Å². The number of esters is 1. The van der Waals surface area contributed by atoms with E-state index in [-0.39, 0.29) is 24.5 Å². The maximum Gasteiger partial charge on any atom is 0.313 e. The van der Waals surface area contributed by atoms with Crippen molar-refractivity contribution in [3.05, 3.63) is 141 Å². The van der Waals surface area contributed by atoms with Gasteiger partial charge in [-0.25, -0.2) is 0 Å². The van der Waals surface area contributed by atoms with E-state index in [9.17, 15) is 25.0 Å². The fourth-order valence-corrected chi connectivity index (χ4v) is 6.19. The topological polar surface area (TPSA) is 143 Å². The molecule has 0 aliphatic carbocycles. The van der Waals surface area contributed by atoms with Crippen LogP contribution in [-0.4, -0.2) is 33.8 Å². The second-order valence-corrected chi connectivity index (χ2v) is 10.2. The van der Waals surface area contributed by atoms with E-state index >= 15 is 0 Å². The highest BCUT2D eigenvalue weighted by atomic mass is 16.6. The van der Waals surface area contributed by atoms with E-state index in [1.165, 1.54) is 24.3 Å². The van der Waals surface area contributed by atoms with Gasteiger partial charge in [0.25, 0.3) is 22.7 Å². The zero-order chi connectivity index (χ0) is 30.2. The Bertz CT molecular complexity index is 1720. The van der Waals surface area contributed by atoms with Gasteiger partial charge in [-0.3, -0.25) is 25.0 Å². The van der Waals surface area contributed by atoms with E-state index in [0.29, 0.717) is 16.8 Å². The zero-order valence-electron chi connectivity index (χ0n) is 23.1. The van der Waals surface area contributed by atoms with E-state index in [4.69, 9.17) is 9.85 Å². The number of ether oxygens (including phenoxy) is 1. The summed E-state index contributed by atoms with van der Waals surface area (Å²) in [7, 11) is 0. The number of azo groups is 1. The molecule has 1 saturated heterocycles. The molecule has 12 heteroatoms. The number of hydrogen-bond acceptors (Lipinski definition) is 9. The number of para-hydroxylation sites is 2. The first kappa shape index (κ1) is 27.5. The molecule has 4 aromatic carbocycles. The fraction of sp³-hybridized carbons (Fsp3) is 0.194. The van der Waals surface area contributed by atoms with Crippen LogP contribution in [0.4, 0.5) is 22.7 Å². The summed E-state index contributed by atoms with van der Waals surface area (Å²) in [5.41, 5.74) is 3.08. The smallest absolute Gasteiger partial charge is 0.313 e. The molecule has 0 radical (unpaired) electrons. The number of benzene rings is 4. The van der Waals surface area contributed by atoms with Gasteiger partial charge in [0.15, 0.2) is 5.54 Å². The van der Waals surface area contributed by atoms with Crippen LogP contribution in [0.2, 0.25) is 0 Å². The summed E-state index contributed by atoms with van der Waals surface area (Å²) in [5, 5.41) is 28.5. The lowest BCUT2D eigenvalue weighted by Crippen LogP contribution is -2.59. The van der Waals surface area contributed by atoms with Gasteiger partial charge in [-0.1, -0.05) is 36.4 Å². The Hall–Kier alpha value is -5.65. The van der Waals surface area contributed by atoms with Crippen LogP contribution in [0, 0.1) is 26.1 Å². The van der Waals surface area contributed by atoms with E-state index in [1.54, 1.807) is 36.0 Å². The van der Waals surface area contributed by atoms with Crippen LogP contribution in [0.25, 0.3) is 0 Å². The molecule has 0 bridgehead atoms. The number of nitrogens with one attached hydrogen (secondary N) is 1. The van der Waals surface area contributed by atoms with Gasteiger partial charge >= 0.3 is 5.97 Å². The highest BCUT2D eigenvalue weighted by Crippen LogP contribution is 2.60. The molecule has 2 heterocycles. The first-order valence-electron chi connectivity index (χ1n) is 13.7. The quantitative estimate of drug-likeness (QED) is 0.124. The Kier molecular flexibility index (Phi) is 6.81. The largest absolute Gasteiger partial charge is 0.466 e. The molecular weight excluding hydrogens is 552 g/mol. The second kappa shape index (κ2) is 10.6. The third kappa shape index (κ3) is 4.26. The standard InChI is InChI=1S/C31H27N6O6/c1-2-43-29(38)28-21-34(24-9-5-3-6-10-24)31(23-15-19-27(20-16-23)37(41)42)30(28,22-13-17-26(18-14-22)36(39)40)32-35(33-31)25-11-7-4-8-12-25/h3-20,28H,2,21H2,1H3,(H,32,33)/q+1/t28-,30-,31+/m0/s1. The van der Waals surface area contributed by atoms with Crippen molar-refractivity contribution in [1.29, 1.82) is 0 Å². The number of fused-ring (bicyclic) bond motifs is 1. The summed E-state index contributed by atoms with van der Waals surface area (Å²) >= 11 is 0. The summed E-state index contributed by atoms with van der Waals surface area (Å²) < 4.78 is 5.64. The summed E-state index contributed by atoms with van der Waals surface area (Å²) in [6.07, 6.45) is 0. The summed E-state index contributed by atoms with van der Waals surface area (Å²) in [6, 6.07) is 30.9. The maximum atomic E-state index is 13.9. The molecule has 2 aliphatic rings. The van der Waals surface area contributed by atoms with Crippen molar-refractivity contribution < 1.29 is 24.2 Å². The lowest BCUT2D eigenvalue weighted by Gasteiger charge is -2.40. The van der Waals surface area contributed by atoms with Crippen molar-refractivity contribution in [3.63, 3.8) is 0 Å². The number of non-ortho nitro benzene ring substituents is 2. The number of nitro benzene ring substituents is 2. The molecule has 6 rings (SSSR count). The van der Waals surface area contributed by atoms with Gasteiger partial charge in [-0.15, -0.1) is 0 Å². The van der Waals surface area contributed by atoms with Crippen LogP contribution in [0.5, 0.6) is 0 Å². The fourth-order valence-electron chi connectivity index (χ4n) is 6.19. The van der Waals surface area contributed by atoms with Crippen molar-refractivity contribution in [1.82, 2.24) is 5.43 Å². The summed E-state index contributed by atoms with van der Waals surface area (Å²) in [4.78, 5) is 39.8. The van der Waals surface area contributed by atoms with Crippen LogP contribution in [0.1, 0.15) is 18.1 Å². The van der Waals surface area contributed by atoms with Gasteiger partial charge in [0.1, 0.15) is 5.92 Å². The Morgan fingerprint density at radius 3 is 1.95 bits per heavy atom. The number of anilines is 1. The van der Waals surface area contributed by atoms with Crippen molar-refractivity contribution in [2.45, 2.75) is 18.1 Å². The van der Waals surface area contributed by atoms with E-state index < -0.39 is 32.9 Å². The van der Waals surface area contributed by atoms with E-state index in [2.05, 4.69) is 5.43 Å². The van der Waals surface area contributed by atoms with Crippen LogP contribution >= 0.6 is 0 Å². The van der Waals surface area contributed by atoms with Gasteiger partial charge in [-0.05, 0) is 48.9 Å². The van der Waals surface area contributed by atoms with Crippen LogP contribution in [0.3, 0.4) is 0 Å². The van der Waals surface area contributed by atoms with Crippen molar-refractivity contribution in [2.75, 3.05) is 18.1 Å². The highest BCUT2D eigenvalue weighted by Gasteiger charge is 2.77. The average molecular weight is 580 g/mol. The van der Waals surface area contributed by atoms with Gasteiger partial charge in [0.05, 0.1) is 16.5 Å². The Labute approximate surface area is 246 Å². The van der Waals surface area contributed by atoms with Crippen LogP contribution in [-0.2, 0) is 20.7 Å². The second-order valence-electron chi connectivity index (χ2n) is 10.2. The minimum absolute atomic E-state index is 0.0989. The molecule has 216 valence electrons. The lowest BCUT2D eigenvalue weighted by molar-refractivity contribution is -0.570. The normalized spacial score (nSPS) is 22.3. The number of nitrogens with zero attached hydrogens (tertiary/aromatic N) is 5. The Morgan fingerprint density at radius 2 is 1.42 bits per heavy atom. The molecule has 0 aromatic heterocycles. The summed E-state index contributed by atoms with van der Waals surface area (Å²) in [5.74, 6) is -1.36. The van der Waals surface area contributed by atoms with Crippen molar-refractivity contribution in [2.24, 2.45) is 11.0 Å². The van der Waals surface area contributed by atoms with Crippen LogP contribution < -0.4 is 10.3 Å². The first-order valence-corrected chi connectivity index (χ1v) is 13.7. The number of hydrazine groups is 1. The molecule has 4 aromatic rings. The first-order chi connectivity index (χ1) is 20.8. The number of hydrogen-bond donors (Lipinski definition) is 1. The molecular formula is C31H27N6O6+. The minimum Gasteiger partial charge on any atom is -0.466 e. The number of nitro groups is 2. The van der Waals surface area contributed by atoms with Crippen molar-refractivity contribution >= 4 is 28.7 Å². The molecule has 1 fully saturated rings. The monoisotopic (exact) mass is 579 g/mol. The van der Waals surface area contributed by atoms with Crippen LogP contribution in [0.15, 0.2) is 114 Å². The number of carbonyl (C=O) groups is 1. The molecule has 12 nitrogen and oxygen atoms in total. The third-order valence-corrected chi connectivity index (χ3v) is 8.01. The Balaban J connectivity index is 1.71. The molecule has 0 spiro atoms. The average Bonchev–Trinajstić information content (AvgIpc) is 3.54. The van der Waals surface area contributed by atoms with Crippen molar-refractivity contribution in [3.8, 4) is 0 Å². The molecule has 0 saturated carbocycles. The number of rotatable bonds is 8. The lowest BCUT2D eigenvalue weighted by atomic mass is 9.70. The molecule has 1 N–H and O–H groups in total. The minimum atomic E-state index is -1.41. The number of carbonyl (C=O) groups excluding carboxylic acids is 1. The molecule has 43 heavy (non-hydrogen) atoms. The predicted octanol–water partition coefficient (Wildman–Crippen LogP) is 5.57. The highest BCUT2D eigenvalue weighted by molar-refractivity contribution is 5.79. The summed E-state index contributed by atoms with van der Waals surface area (Å²) in [6.45, 7) is 2.03. The molecule has 0 amide bonds. The van der Waals surface area contributed by atoms with Gasteiger partial charge in [0.2, 0.25) is 0 Å². The molecule has 2 aliphatic heterocycles. The third-order valence-electron chi connectivity index (χ3n) is 8.01. The molecule has 0 unspecified atom stereocenters. The SMILES string of the molecule is CCOC(=O)[C@@H]1CN(c2ccccc2)[C@@]2(c3ccc([N+](=O)[O-])cc3)N=[N+](c3ccccc3)N[C@@]12c1ccc([N+](=O)[O-])cc1. The Morgan fingerprint density at radius 1 is 0.884 bits per heavy atom. The predicted molar refractivity (Wildman–Crippen MR) is 155 cm³/mol. The van der Waals surface area contributed by atoms with Gasteiger partial charge < -0.3 is 9.64 Å².